The number of amides is 3. The number of pyridine rings is 1. The lowest BCUT2D eigenvalue weighted by Crippen LogP contribution is -2.58. The number of nitrogens with one attached hydrogen (secondary N) is 3. The van der Waals surface area contributed by atoms with E-state index in [4.69, 9.17) is 5.73 Å². The van der Waals surface area contributed by atoms with Crippen LogP contribution >= 0.6 is 0 Å². The first kappa shape index (κ1) is 21.0. The highest BCUT2D eigenvalue weighted by Gasteiger charge is 2.44. The normalized spacial score (nSPS) is 23.2. The Labute approximate surface area is 176 Å². The van der Waals surface area contributed by atoms with Crippen molar-refractivity contribution in [1.29, 1.82) is 0 Å². The van der Waals surface area contributed by atoms with Crippen LogP contribution in [0.4, 0.5) is 23.8 Å². The van der Waals surface area contributed by atoms with E-state index in [0.29, 0.717) is 23.9 Å². The molecule has 0 saturated carbocycles. The molecule has 0 aliphatic carbocycles. The van der Waals surface area contributed by atoms with E-state index in [1.807, 2.05) is 5.32 Å². The van der Waals surface area contributed by atoms with E-state index in [1.54, 1.807) is 30.5 Å². The fourth-order valence-electron chi connectivity index (χ4n) is 3.90. The Balaban J connectivity index is 1.53. The number of urea groups is 1. The minimum Gasteiger partial charge on any atom is -0.366 e. The lowest BCUT2D eigenvalue weighted by Gasteiger charge is -2.41. The van der Waals surface area contributed by atoms with Gasteiger partial charge in [-0.1, -0.05) is 12.1 Å². The number of aromatic nitrogens is 1. The van der Waals surface area contributed by atoms with Crippen molar-refractivity contribution >= 4 is 17.8 Å². The van der Waals surface area contributed by atoms with Gasteiger partial charge in [-0.25, -0.2) is 9.78 Å². The maximum absolute atomic E-state index is 13.0. The highest BCUT2D eigenvalue weighted by Crippen LogP contribution is 2.33. The lowest BCUT2D eigenvalue weighted by molar-refractivity contribution is -0.159. The van der Waals surface area contributed by atoms with Crippen LogP contribution in [-0.2, 0) is 4.79 Å². The Morgan fingerprint density at radius 3 is 2.84 bits per heavy atom. The third-order valence-electron chi connectivity index (χ3n) is 5.44. The molecule has 0 spiro atoms. The zero-order chi connectivity index (χ0) is 22.2. The van der Waals surface area contributed by atoms with Crippen LogP contribution in [0.1, 0.15) is 6.42 Å². The average Bonchev–Trinajstić information content (AvgIpc) is 3.15. The monoisotopic (exact) mass is 437 g/mol. The van der Waals surface area contributed by atoms with Crippen LogP contribution < -0.4 is 21.7 Å². The zero-order valence-corrected chi connectivity index (χ0v) is 16.4. The molecule has 3 amide bonds. The van der Waals surface area contributed by atoms with Gasteiger partial charge in [0, 0.05) is 25.8 Å². The van der Waals surface area contributed by atoms with E-state index in [-0.39, 0.29) is 6.04 Å². The summed E-state index contributed by atoms with van der Waals surface area (Å²) in [4.78, 5) is 33.2. The molecule has 0 radical (unpaired) electrons. The summed E-state index contributed by atoms with van der Waals surface area (Å²) in [5.41, 5.74) is 5.87. The van der Waals surface area contributed by atoms with Crippen molar-refractivity contribution in [3.63, 3.8) is 0 Å². The maximum Gasteiger partial charge on any atom is 0.409 e. The molecule has 1 saturated heterocycles. The van der Waals surface area contributed by atoms with Gasteiger partial charge in [0.2, 0.25) is 5.91 Å². The molecule has 1 aromatic heterocycles. The molecule has 3 aliphatic rings. The molecule has 2 bridgehead atoms. The fourth-order valence-corrected chi connectivity index (χ4v) is 3.90. The summed E-state index contributed by atoms with van der Waals surface area (Å²) in [5.74, 6) is -0.138. The van der Waals surface area contributed by atoms with Crippen molar-refractivity contribution in [2.75, 3.05) is 25.0 Å². The molecule has 5 N–H and O–H groups in total. The fraction of sp³-hybridized carbons (Fsp3) is 0.421. The Kier molecular flexibility index (Phi) is 5.48. The molecule has 3 atom stereocenters. The maximum atomic E-state index is 13.0. The van der Waals surface area contributed by atoms with E-state index >= 15 is 0 Å². The quantitative estimate of drug-likeness (QED) is 0.552. The van der Waals surface area contributed by atoms with Gasteiger partial charge in [0.25, 0.3) is 0 Å². The minimum absolute atomic E-state index is 0.142. The molecule has 3 aliphatic heterocycles. The molecule has 4 rings (SSSR count). The van der Waals surface area contributed by atoms with Crippen LogP contribution in [0, 0.1) is 0 Å². The van der Waals surface area contributed by atoms with Crippen molar-refractivity contribution < 1.29 is 22.8 Å². The summed E-state index contributed by atoms with van der Waals surface area (Å²) in [5, 5.41) is 7.58. The first-order valence-corrected chi connectivity index (χ1v) is 9.80. The Morgan fingerprint density at radius 1 is 1.35 bits per heavy atom. The van der Waals surface area contributed by atoms with Gasteiger partial charge >= 0.3 is 12.2 Å². The van der Waals surface area contributed by atoms with E-state index in [0.717, 1.165) is 13.0 Å². The van der Waals surface area contributed by atoms with Gasteiger partial charge in [-0.05, 0) is 24.6 Å². The van der Waals surface area contributed by atoms with Crippen LogP contribution in [0.15, 0.2) is 48.1 Å². The first-order valence-electron chi connectivity index (χ1n) is 9.80. The lowest BCUT2D eigenvalue weighted by atomic mass is 10.1. The number of nitrogens with two attached hydrogens (primary N) is 1. The van der Waals surface area contributed by atoms with Crippen molar-refractivity contribution in [3.8, 4) is 0 Å². The second-order valence-corrected chi connectivity index (χ2v) is 7.46. The number of dihydropyridines is 1. The van der Waals surface area contributed by atoms with Crippen molar-refractivity contribution in [3.05, 3.63) is 48.1 Å². The van der Waals surface area contributed by atoms with Gasteiger partial charge in [-0.2, -0.15) is 13.2 Å². The molecule has 12 heteroatoms. The number of hydrogen-bond donors (Lipinski definition) is 4. The summed E-state index contributed by atoms with van der Waals surface area (Å²) < 4.78 is 39.0. The van der Waals surface area contributed by atoms with Crippen LogP contribution in [0.25, 0.3) is 0 Å². The third kappa shape index (κ3) is 4.15. The van der Waals surface area contributed by atoms with Gasteiger partial charge in [0.15, 0.2) is 0 Å². The standard InChI is InChI=1S/C19H22F3N7O2/c20-19(21,22)14(9-23)26-17(30)12-4-5-13-16(25-12)29(11-6-8-28(13)10-11)18(31)27-15-3-1-2-7-24-15/h1-5,7,11-12,14,25H,6,8-10,23H2,(H,26,30)(H,24,27,31)/t11-,12?,14?/m0/s1. The number of alkyl halides is 3. The van der Waals surface area contributed by atoms with Gasteiger partial charge in [0.1, 0.15) is 23.7 Å². The summed E-state index contributed by atoms with van der Waals surface area (Å²) in [6.07, 6.45) is 0.745. The average molecular weight is 437 g/mol. The number of fused-ring (bicyclic) bond motifs is 3. The number of nitrogens with zero attached hydrogens (tertiary/aromatic N) is 3. The SMILES string of the molecule is NCC(NC(=O)C1C=CC2=C(N1)N(C(=O)Nc1ccccn1)[C@H]1CCN2C1)C(F)(F)F. The Hall–Kier alpha value is -3.28. The molecule has 1 aromatic rings. The number of allylic oxidation sites excluding steroid dienone is 1. The molecule has 31 heavy (non-hydrogen) atoms. The van der Waals surface area contributed by atoms with Gasteiger partial charge < -0.3 is 21.3 Å². The van der Waals surface area contributed by atoms with Crippen LogP contribution in [-0.4, -0.2) is 70.7 Å². The molecule has 9 nitrogen and oxygen atoms in total. The Morgan fingerprint density at radius 2 is 2.16 bits per heavy atom. The van der Waals surface area contributed by atoms with Crippen LogP contribution in [0.3, 0.4) is 0 Å². The van der Waals surface area contributed by atoms with Gasteiger partial charge in [-0.15, -0.1) is 0 Å². The smallest absolute Gasteiger partial charge is 0.366 e. The highest BCUT2D eigenvalue weighted by molar-refractivity contribution is 5.91. The number of hydrogen-bond acceptors (Lipinski definition) is 6. The second kappa shape index (κ2) is 8.10. The van der Waals surface area contributed by atoms with Crippen molar-refractivity contribution in [2.45, 2.75) is 30.7 Å². The molecular formula is C19H22F3N7O2. The highest BCUT2D eigenvalue weighted by atomic mass is 19.4. The number of halogens is 3. The summed E-state index contributed by atoms with van der Waals surface area (Å²) in [7, 11) is 0. The first-order chi connectivity index (χ1) is 14.8. The molecule has 4 heterocycles. The molecule has 1 fully saturated rings. The summed E-state index contributed by atoms with van der Waals surface area (Å²) in [6, 6.07) is 1.29. The largest absolute Gasteiger partial charge is 0.409 e. The predicted molar refractivity (Wildman–Crippen MR) is 105 cm³/mol. The van der Waals surface area contributed by atoms with Crippen molar-refractivity contribution in [1.82, 2.24) is 25.4 Å². The van der Waals surface area contributed by atoms with E-state index < -0.39 is 36.7 Å². The minimum atomic E-state index is -4.66. The topological polar surface area (TPSA) is 116 Å². The van der Waals surface area contributed by atoms with Gasteiger partial charge in [-0.3, -0.25) is 15.0 Å². The van der Waals surface area contributed by atoms with Crippen LogP contribution in [0.2, 0.25) is 0 Å². The number of rotatable bonds is 4. The number of anilines is 1. The summed E-state index contributed by atoms with van der Waals surface area (Å²) >= 11 is 0. The zero-order valence-electron chi connectivity index (χ0n) is 16.4. The predicted octanol–water partition coefficient (Wildman–Crippen LogP) is 0.706. The van der Waals surface area contributed by atoms with E-state index in [9.17, 15) is 22.8 Å². The second-order valence-electron chi connectivity index (χ2n) is 7.46. The van der Waals surface area contributed by atoms with Gasteiger partial charge in [0.05, 0.1) is 11.7 Å². The Bertz CT molecular complexity index is 919. The van der Waals surface area contributed by atoms with E-state index in [2.05, 4.69) is 20.5 Å². The number of carbonyl (C=O) groups is 2. The molecule has 0 aromatic carbocycles. The third-order valence-corrected chi connectivity index (χ3v) is 5.44. The van der Waals surface area contributed by atoms with Crippen LogP contribution in [0.5, 0.6) is 0 Å². The molecule has 166 valence electrons. The summed E-state index contributed by atoms with van der Waals surface area (Å²) in [6.45, 7) is 0.581. The number of carbonyl (C=O) groups excluding carboxylic acids is 2. The van der Waals surface area contributed by atoms with Crippen molar-refractivity contribution in [2.24, 2.45) is 5.73 Å². The molecule has 2 unspecified atom stereocenters. The van der Waals surface area contributed by atoms with E-state index in [1.165, 1.54) is 11.0 Å². The molecular weight excluding hydrogens is 415 g/mol.